The second-order valence-corrected chi connectivity index (χ2v) is 7.25. The van der Waals surface area contributed by atoms with Crippen LogP contribution in [0.2, 0.25) is 0 Å². The zero-order chi connectivity index (χ0) is 19.9. The van der Waals surface area contributed by atoms with Gasteiger partial charge in [0.1, 0.15) is 0 Å². The first-order valence-corrected chi connectivity index (χ1v) is 9.80. The predicted molar refractivity (Wildman–Crippen MR) is 126 cm³/mol. The molecule has 1 heterocycles. The summed E-state index contributed by atoms with van der Waals surface area (Å²) in [7, 11) is 1.74. The Morgan fingerprint density at radius 2 is 1.90 bits per heavy atom. The molecule has 0 spiro atoms. The van der Waals surface area contributed by atoms with Crippen molar-refractivity contribution in [1.29, 1.82) is 0 Å². The highest BCUT2D eigenvalue weighted by molar-refractivity contribution is 14.0. The van der Waals surface area contributed by atoms with Crippen molar-refractivity contribution < 1.29 is 9.50 Å². The van der Waals surface area contributed by atoms with Crippen LogP contribution < -0.4 is 10.6 Å². The number of hydrogen-bond donors (Lipinski definition) is 3. The molecule has 0 amide bonds. The second kappa shape index (κ2) is 11.3. The quantitative estimate of drug-likeness (QED) is 0.322. The SMILES string of the molecule is CN=C(NCc1ccc(O)c(F)c1)NC1CCN(C(C)c2ccccc2)CC1.I. The van der Waals surface area contributed by atoms with Gasteiger partial charge in [-0.2, -0.15) is 0 Å². The Kier molecular flexibility index (Phi) is 9.16. The van der Waals surface area contributed by atoms with Crippen LogP contribution in [0.15, 0.2) is 53.5 Å². The summed E-state index contributed by atoms with van der Waals surface area (Å²) in [5, 5.41) is 16.0. The topological polar surface area (TPSA) is 59.9 Å². The number of likely N-dealkylation sites (tertiary alicyclic amines) is 1. The minimum atomic E-state index is -0.609. The fraction of sp³-hybridized carbons (Fsp3) is 0.409. The maximum atomic E-state index is 13.5. The number of nitrogens with zero attached hydrogens (tertiary/aromatic N) is 2. The summed E-state index contributed by atoms with van der Waals surface area (Å²) in [6.07, 6.45) is 2.09. The zero-order valence-corrected chi connectivity index (χ0v) is 19.3. The van der Waals surface area contributed by atoms with Gasteiger partial charge in [-0.25, -0.2) is 4.39 Å². The third-order valence-electron chi connectivity index (χ3n) is 5.40. The monoisotopic (exact) mass is 512 g/mol. The summed E-state index contributed by atoms with van der Waals surface area (Å²) in [5.74, 6) is -0.229. The van der Waals surface area contributed by atoms with Crippen LogP contribution in [0.3, 0.4) is 0 Å². The Morgan fingerprint density at radius 1 is 1.21 bits per heavy atom. The van der Waals surface area contributed by atoms with E-state index in [0.717, 1.165) is 31.5 Å². The molecular formula is C22H30FIN4O. The van der Waals surface area contributed by atoms with Gasteiger partial charge in [-0.1, -0.05) is 36.4 Å². The molecule has 5 nitrogen and oxygen atoms in total. The molecular weight excluding hydrogens is 482 g/mol. The lowest BCUT2D eigenvalue weighted by atomic mass is 10.0. The highest BCUT2D eigenvalue weighted by Crippen LogP contribution is 2.24. The number of halogens is 2. The molecule has 3 N–H and O–H groups in total. The summed E-state index contributed by atoms with van der Waals surface area (Å²) in [6, 6.07) is 15.8. The highest BCUT2D eigenvalue weighted by Gasteiger charge is 2.24. The second-order valence-electron chi connectivity index (χ2n) is 7.25. The van der Waals surface area contributed by atoms with Gasteiger partial charge < -0.3 is 15.7 Å². The molecule has 1 aliphatic rings. The number of benzene rings is 2. The lowest BCUT2D eigenvalue weighted by Gasteiger charge is -2.37. The summed E-state index contributed by atoms with van der Waals surface area (Å²) in [6.45, 7) is 4.78. The van der Waals surface area contributed by atoms with Crippen molar-refractivity contribution in [2.24, 2.45) is 4.99 Å². The minimum absolute atomic E-state index is 0. The molecule has 0 aromatic heterocycles. The number of guanidine groups is 1. The lowest BCUT2D eigenvalue weighted by Crippen LogP contribution is -2.48. The van der Waals surface area contributed by atoms with Crippen molar-refractivity contribution in [3.63, 3.8) is 0 Å². The number of hydrogen-bond acceptors (Lipinski definition) is 3. The highest BCUT2D eigenvalue weighted by atomic mass is 127. The first kappa shape index (κ1) is 23.4. The Balaban J connectivity index is 0.00000300. The standard InChI is InChI=1S/C22H29FN4O.HI/c1-16(18-6-4-3-5-7-18)27-12-10-19(11-13-27)26-22(24-2)25-15-17-8-9-21(28)20(23)14-17;/h3-9,14,16,19,28H,10-13,15H2,1-2H3,(H2,24,25,26);1H. The zero-order valence-electron chi connectivity index (χ0n) is 16.9. The van der Waals surface area contributed by atoms with Crippen molar-refractivity contribution in [2.75, 3.05) is 20.1 Å². The van der Waals surface area contributed by atoms with Crippen molar-refractivity contribution >= 4 is 29.9 Å². The summed E-state index contributed by atoms with van der Waals surface area (Å²) in [4.78, 5) is 6.79. The van der Waals surface area contributed by atoms with Crippen LogP contribution in [-0.2, 0) is 6.54 Å². The third kappa shape index (κ3) is 6.57. The average Bonchev–Trinajstić information content (AvgIpc) is 2.74. The predicted octanol–water partition coefficient (Wildman–Crippen LogP) is 4.04. The molecule has 1 atom stereocenters. The number of piperidine rings is 1. The molecule has 7 heteroatoms. The van der Waals surface area contributed by atoms with E-state index in [1.807, 2.05) is 0 Å². The normalized spacial score (nSPS) is 16.7. The lowest BCUT2D eigenvalue weighted by molar-refractivity contribution is 0.158. The molecule has 1 aliphatic heterocycles. The van der Waals surface area contributed by atoms with E-state index in [0.29, 0.717) is 24.6 Å². The molecule has 0 radical (unpaired) electrons. The van der Waals surface area contributed by atoms with E-state index in [-0.39, 0.29) is 29.7 Å². The number of phenols is 1. The average molecular weight is 512 g/mol. The van der Waals surface area contributed by atoms with Crippen LogP contribution in [0, 0.1) is 5.82 Å². The molecule has 0 aliphatic carbocycles. The molecule has 1 unspecified atom stereocenters. The van der Waals surface area contributed by atoms with Gasteiger partial charge in [0.2, 0.25) is 0 Å². The van der Waals surface area contributed by atoms with Gasteiger partial charge in [0.25, 0.3) is 0 Å². The molecule has 158 valence electrons. The van der Waals surface area contributed by atoms with Crippen LogP contribution >= 0.6 is 24.0 Å². The molecule has 2 aromatic carbocycles. The van der Waals surface area contributed by atoms with Crippen LogP contribution in [0.4, 0.5) is 4.39 Å². The Bertz CT molecular complexity index is 795. The largest absolute Gasteiger partial charge is 0.505 e. The molecule has 2 aromatic rings. The van der Waals surface area contributed by atoms with Crippen molar-refractivity contribution in [3.05, 3.63) is 65.5 Å². The molecule has 3 rings (SSSR count). The number of nitrogens with one attached hydrogen (secondary N) is 2. The fourth-order valence-corrected chi connectivity index (χ4v) is 3.61. The van der Waals surface area contributed by atoms with E-state index in [4.69, 9.17) is 0 Å². The minimum Gasteiger partial charge on any atom is -0.505 e. The first-order valence-electron chi connectivity index (χ1n) is 9.80. The van der Waals surface area contributed by atoms with Gasteiger partial charge in [0, 0.05) is 38.8 Å². The molecule has 1 fully saturated rings. The van der Waals surface area contributed by atoms with Gasteiger partial charge in [0.15, 0.2) is 17.5 Å². The first-order chi connectivity index (χ1) is 13.6. The van der Waals surface area contributed by atoms with E-state index in [9.17, 15) is 9.50 Å². The molecule has 1 saturated heterocycles. The van der Waals surface area contributed by atoms with Crippen LogP contribution in [0.1, 0.15) is 36.9 Å². The summed E-state index contributed by atoms with van der Waals surface area (Å²) < 4.78 is 13.5. The fourth-order valence-electron chi connectivity index (χ4n) is 3.61. The molecule has 0 bridgehead atoms. The van der Waals surface area contributed by atoms with E-state index < -0.39 is 5.82 Å². The van der Waals surface area contributed by atoms with Crippen LogP contribution in [0.25, 0.3) is 0 Å². The van der Waals surface area contributed by atoms with E-state index in [1.165, 1.54) is 17.7 Å². The van der Waals surface area contributed by atoms with Crippen LogP contribution in [-0.4, -0.2) is 42.1 Å². The van der Waals surface area contributed by atoms with Crippen molar-refractivity contribution in [1.82, 2.24) is 15.5 Å². The van der Waals surface area contributed by atoms with Crippen LogP contribution in [0.5, 0.6) is 5.75 Å². The van der Waals surface area contributed by atoms with E-state index in [1.54, 1.807) is 13.1 Å². The number of aromatic hydroxyl groups is 1. The van der Waals surface area contributed by atoms with Crippen molar-refractivity contribution in [2.45, 2.75) is 38.4 Å². The molecule has 29 heavy (non-hydrogen) atoms. The smallest absolute Gasteiger partial charge is 0.191 e. The Morgan fingerprint density at radius 3 is 2.52 bits per heavy atom. The third-order valence-corrected chi connectivity index (χ3v) is 5.40. The van der Waals surface area contributed by atoms with Crippen molar-refractivity contribution in [3.8, 4) is 5.75 Å². The van der Waals surface area contributed by atoms with E-state index in [2.05, 4.69) is 57.8 Å². The maximum absolute atomic E-state index is 13.5. The number of phenolic OH excluding ortho intramolecular Hbond substituents is 1. The Labute approximate surface area is 189 Å². The van der Waals surface area contributed by atoms with Gasteiger partial charge in [-0.15, -0.1) is 24.0 Å². The van der Waals surface area contributed by atoms with Gasteiger partial charge in [-0.3, -0.25) is 9.89 Å². The molecule has 0 saturated carbocycles. The van der Waals surface area contributed by atoms with E-state index >= 15 is 0 Å². The van der Waals surface area contributed by atoms with Gasteiger partial charge in [-0.05, 0) is 43.0 Å². The Hall–Kier alpha value is -1.87. The summed E-state index contributed by atoms with van der Waals surface area (Å²) >= 11 is 0. The van der Waals surface area contributed by atoms with Gasteiger partial charge in [0.05, 0.1) is 0 Å². The number of aliphatic imine (C=N–C) groups is 1. The summed E-state index contributed by atoms with van der Waals surface area (Å²) in [5.41, 5.74) is 2.11. The van der Waals surface area contributed by atoms with Gasteiger partial charge >= 0.3 is 0 Å². The number of rotatable bonds is 5. The maximum Gasteiger partial charge on any atom is 0.191 e.